The molecule has 1 atom stereocenters. The van der Waals surface area contributed by atoms with Crippen LogP contribution in [0.4, 0.5) is 5.82 Å². The van der Waals surface area contributed by atoms with Crippen LogP contribution in [-0.4, -0.2) is 37.3 Å². The van der Waals surface area contributed by atoms with Gasteiger partial charge in [-0.15, -0.1) is 0 Å². The van der Waals surface area contributed by atoms with E-state index in [9.17, 15) is 8.42 Å². The van der Waals surface area contributed by atoms with Gasteiger partial charge in [0.15, 0.2) is 0 Å². The van der Waals surface area contributed by atoms with Crippen molar-refractivity contribution in [3.05, 3.63) is 18.3 Å². The van der Waals surface area contributed by atoms with Crippen molar-refractivity contribution in [3.63, 3.8) is 0 Å². The van der Waals surface area contributed by atoms with Crippen molar-refractivity contribution in [1.82, 2.24) is 9.29 Å². The Morgan fingerprint density at radius 3 is 2.90 bits per heavy atom. The van der Waals surface area contributed by atoms with Crippen molar-refractivity contribution in [2.75, 3.05) is 25.0 Å². The number of nitrogens with one attached hydrogen (secondary N) is 1. The molecule has 1 aliphatic heterocycles. The SMILES string of the molecule is CCCNc1ncccc1S(=O)(=O)N1CCC(CCC)C1. The van der Waals surface area contributed by atoms with Crippen molar-refractivity contribution in [2.24, 2.45) is 5.92 Å². The third kappa shape index (κ3) is 3.74. The van der Waals surface area contributed by atoms with Gasteiger partial charge in [-0.3, -0.25) is 0 Å². The first-order valence-electron chi connectivity index (χ1n) is 7.78. The maximum atomic E-state index is 12.8. The third-order valence-electron chi connectivity index (χ3n) is 3.88. The van der Waals surface area contributed by atoms with Gasteiger partial charge in [-0.1, -0.05) is 20.3 Å². The molecule has 1 aromatic rings. The summed E-state index contributed by atoms with van der Waals surface area (Å²) in [5.74, 6) is 0.965. The van der Waals surface area contributed by atoms with Gasteiger partial charge in [0.05, 0.1) is 0 Å². The molecule has 1 unspecified atom stereocenters. The highest BCUT2D eigenvalue weighted by molar-refractivity contribution is 7.89. The van der Waals surface area contributed by atoms with Crippen LogP contribution in [0.2, 0.25) is 0 Å². The molecule has 1 aromatic heterocycles. The molecule has 2 heterocycles. The number of hydrogen-bond donors (Lipinski definition) is 1. The molecule has 0 saturated carbocycles. The number of pyridine rings is 1. The molecular weight excluding hydrogens is 286 g/mol. The molecule has 2 rings (SSSR count). The van der Waals surface area contributed by atoms with Crippen molar-refractivity contribution in [1.29, 1.82) is 0 Å². The average Bonchev–Trinajstić information content (AvgIpc) is 2.95. The van der Waals surface area contributed by atoms with Gasteiger partial charge in [0.1, 0.15) is 10.7 Å². The van der Waals surface area contributed by atoms with Crippen LogP contribution < -0.4 is 5.32 Å². The Morgan fingerprint density at radius 2 is 2.19 bits per heavy atom. The quantitative estimate of drug-likeness (QED) is 0.841. The second-order valence-corrected chi connectivity index (χ2v) is 7.49. The van der Waals surface area contributed by atoms with Gasteiger partial charge in [0.2, 0.25) is 10.0 Å². The van der Waals surface area contributed by atoms with Crippen LogP contribution in [0.25, 0.3) is 0 Å². The van der Waals surface area contributed by atoms with Crippen LogP contribution in [0.1, 0.15) is 39.5 Å². The Kier molecular flexibility index (Phi) is 5.58. The number of rotatable bonds is 7. The van der Waals surface area contributed by atoms with Crippen LogP contribution in [-0.2, 0) is 10.0 Å². The molecule has 21 heavy (non-hydrogen) atoms. The summed E-state index contributed by atoms with van der Waals surface area (Å²) in [7, 11) is -3.44. The first-order chi connectivity index (χ1) is 10.1. The Labute approximate surface area is 127 Å². The van der Waals surface area contributed by atoms with Gasteiger partial charge in [-0.05, 0) is 37.3 Å². The van der Waals surface area contributed by atoms with E-state index in [-0.39, 0.29) is 0 Å². The molecule has 0 radical (unpaired) electrons. The molecule has 0 aromatic carbocycles. The van der Waals surface area contributed by atoms with Crippen molar-refractivity contribution in [3.8, 4) is 0 Å². The summed E-state index contributed by atoms with van der Waals surface area (Å²) in [4.78, 5) is 4.49. The van der Waals surface area contributed by atoms with E-state index in [1.807, 2.05) is 6.92 Å². The average molecular weight is 311 g/mol. The van der Waals surface area contributed by atoms with E-state index < -0.39 is 10.0 Å². The fraction of sp³-hybridized carbons (Fsp3) is 0.667. The van der Waals surface area contributed by atoms with E-state index in [0.717, 1.165) is 32.2 Å². The van der Waals surface area contributed by atoms with E-state index in [1.165, 1.54) is 0 Å². The van der Waals surface area contributed by atoms with E-state index in [2.05, 4.69) is 17.2 Å². The molecule has 6 heteroatoms. The Balaban J connectivity index is 2.20. The number of sulfonamides is 1. The van der Waals surface area contributed by atoms with Gasteiger partial charge < -0.3 is 5.32 Å². The van der Waals surface area contributed by atoms with Crippen LogP contribution in [0.5, 0.6) is 0 Å². The first-order valence-corrected chi connectivity index (χ1v) is 9.22. The lowest BCUT2D eigenvalue weighted by molar-refractivity contribution is 0.444. The van der Waals surface area contributed by atoms with Gasteiger partial charge in [-0.2, -0.15) is 4.31 Å². The summed E-state index contributed by atoms with van der Waals surface area (Å²) in [6, 6.07) is 3.33. The molecule has 1 saturated heterocycles. The lowest BCUT2D eigenvalue weighted by Crippen LogP contribution is -2.29. The molecule has 1 fully saturated rings. The highest BCUT2D eigenvalue weighted by Gasteiger charge is 2.33. The predicted molar refractivity (Wildman–Crippen MR) is 84.8 cm³/mol. The minimum atomic E-state index is -3.44. The summed E-state index contributed by atoms with van der Waals surface area (Å²) in [6.45, 7) is 6.16. The maximum Gasteiger partial charge on any atom is 0.246 e. The van der Waals surface area contributed by atoms with E-state index in [1.54, 1.807) is 22.6 Å². The lowest BCUT2D eigenvalue weighted by atomic mass is 10.0. The number of hydrogen-bond acceptors (Lipinski definition) is 4. The van der Waals surface area contributed by atoms with Crippen LogP contribution in [0.15, 0.2) is 23.2 Å². The predicted octanol–water partition coefficient (Wildman–Crippen LogP) is 2.71. The fourth-order valence-corrected chi connectivity index (χ4v) is 4.42. The number of aromatic nitrogens is 1. The molecular formula is C15H25N3O2S. The standard InChI is InChI=1S/C15H25N3O2S/c1-3-6-13-8-11-18(12-13)21(19,20)14-7-5-10-17-15(14)16-9-4-2/h5,7,10,13H,3-4,6,8-9,11-12H2,1-2H3,(H,16,17). The molecule has 1 aliphatic rings. The monoisotopic (exact) mass is 311 g/mol. The normalized spacial score (nSPS) is 19.8. The summed E-state index contributed by atoms with van der Waals surface area (Å²) >= 11 is 0. The molecule has 0 spiro atoms. The zero-order valence-electron chi connectivity index (χ0n) is 12.9. The minimum Gasteiger partial charge on any atom is -0.369 e. The van der Waals surface area contributed by atoms with E-state index >= 15 is 0 Å². The molecule has 5 nitrogen and oxygen atoms in total. The smallest absolute Gasteiger partial charge is 0.246 e. The molecule has 0 aliphatic carbocycles. The third-order valence-corrected chi connectivity index (χ3v) is 5.77. The molecule has 0 bridgehead atoms. The van der Waals surface area contributed by atoms with Crippen molar-refractivity contribution in [2.45, 2.75) is 44.4 Å². The van der Waals surface area contributed by atoms with Crippen LogP contribution >= 0.6 is 0 Å². The highest BCUT2D eigenvalue weighted by atomic mass is 32.2. The Hall–Kier alpha value is -1.14. The van der Waals surface area contributed by atoms with Crippen molar-refractivity contribution >= 4 is 15.8 Å². The summed E-state index contributed by atoms with van der Waals surface area (Å²) in [6.07, 6.45) is 5.72. The van der Waals surface area contributed by atoms with E-state index in [4.69, 9.17) is 0 Å². The molecule has 0 amide bonds. The summed E-state index contributed by atoms with van der Waals surface area (Å²) < 4.78 is 27.2. The molecule has 118 valence electrons. The first kappa shape index (κ1) is 16.2. The molecule has 1 N–H and O–H groups in total. The Bertz CT molecular complexity index is 560. The fourth-order valence-electron chi connectivity index (χ4n) is 2.77. The zero-order valence-corrected chi connectivity index (χ0v) is 13.7. The zero-order chi connectivity index (χ0) is 15.3. The topological polar surface area (TPSA) is 62.3 Å². The van der Waals surface area contributed by atoms with Gasteiger partial charge >= 0.3 is 0 Å². The van der Waals surface area contributed by atoms with E-state index in [0.29, 0.717) is 29.7 Å². The van der Waals surface area contributed by atoms with Crippen LogP contribution in [0, 0.1) is 5.92 Å². The summed E-state index contributed by atoms with van der Waals surface area (Å²) in [5.41, 5.74) is 0. The second kappa shape index (κ2) is 7.22. The number of anilines is 1. The number of nitrogens with zero attached hydrogens (tertiary/aromatic N) is 2. The summed E-state index contributed by atoms with van der Waals surface area (Å²) in [5, 5.41) is 3.11. The largest absolute Gasteiger partial charge is 0.369 e. The second-order valence-electron chi connectivity index (χ2n) is 5.58. The van der Waals surface area contributed by atoms with Gasteiger partial charge in [-0.25, -0.2) is 13.4 Å². The van der Waals surface area contributed by atoms with Gasteiger partial charge in [0, 0.05) is 25.8 Å². The Morgan fingerprint density at radius 1 is 1.38 bits per heavy atom. The minimum absolute atomic E-state index is 0.301. The van der Waals surface area contributed by atoms with Crippen LogP contribution in [0.3, 0.4) is 0 Å². The highest BCUT2D eigenvalue weighted by Crippen LogP contribution is 2.29. The van der Waals surface area contributed by atoms with Gasteiger partial charge in [0.25, 0.3) is 0 Å². The van der Waals surface area contributed by atoms with Crippen molar-refractivity contribution < 1.29 is 8.42 Å². The lowest BCUT2D eigenvalue weighted by Gasteiger charge is -2.18. The maximum absolute atomic E-state index is 12.8.